The maximum Gasteiger partial charge on any atom is 0.174 e. The first-order chi connectivity index (χ1) is 11.1. The lowest BCUT2D eigenvalue weighted by Crippen LogP contribution is -2.51. The lowest BCUT2D eigenvalue weighted by molar-refractivity contribution is -0.237. The summed E-state index contributed by atoms with van der Waals surface area (Å²) in [6, 6.07) is 5.46. The monoisotopic (exact) mass is 316 g/mol. The second kappa shape index (κ2) is 4.80. The molecule has 0 amide bonds. The van der Waals surface area contributed by atoms with Crippen molar-refractivity contribution in [3.05, 3.63) is 35.1 Å². The predicted molar refractivity (Wildman–Crippen MR) is 85.7 cm³/mol. The molecule has 2 saturated carbocycles. The van der Waals surface area contributed by atoms with E-state index in [1.54, 1.807) is 12.1 Å². The van der Waals surface area contributed by atoms with Crippen molar-refractivity contribution in [3.63, 3.8) is 0 Å². The average molecular weight is 316 g/mol. The molecular formula is C20H25FO2. The van der Waals surface area contributed by atoms with Gasteiger partial charge in [0.15, 0.2) is 5.79 Å². The highest BCUT2D eigenvalue weighted by atomic mass is 19.1. The molecule has 1 heterocycles. The molecule has 5 rings (SSSR count). The van der Waals surface area contributed by atoms with Crippen molar-refractivity contribution in [2.45, 2.75) is 57.2 Å². The molecule has 3 heteroatoms. The van der Waals surface area contributed by atoms with E-state index in [1.165, 1.54) is 30.4 Å². The Morgan fingerprint density at radius 2 is 1.91 bits per heavy atom. The van der Waals surface area contributed by atoms with Crippen LogP contribution in [0.1, 0.15) is 56.1 Å². The number of benzene rings is 1. The van der Waals surface area contributed by atoms with E-state index in [2.05, 4.69) is 13.0 Å². The van der Waals surface area contributed by atoms with Gasteiger partial charge in [0, 0.05) is 11.8 Å². The molecule has 1 aliphatic heterocycles. The Morgan fingerprint density at radius 3 is 2.74 bits per heavy atom. The van der Waals surface area contributed by atoms with Gasteiger partial charge in [-0.2, -0.15) is 0 Å². The Labute approximate surface area is 137 Å². The smallest absolute Gasteiger partial charge is 0.174 e. The number of hydrogen-bond acceptors (Lipinski definition) is 2. The summed E-state index contributed by atoms with van der Waals surface area (Å²) in [5.41, 5.74) is 2.82. The normalized spacial score (nSPS) is 40.7. The Bertz CT molecular complexity index is 637. The van der Waals surface area contributed by atoms with E-state index < -0.39 is 0 Å². The molecule has 3 aliphatic carbocycles. The highest BCUT2D eigenvalue weighted by Gasteiger charge is 2.64. The summed E-state index contributed by atoms with van der Waals surface area (Å²) in [5.74, 6) is 1.59. The predicted octanol–water partition coefficient (Wildman–Crippen LogP) is 4.42. The zero-order valence-electron chi connectivity index (χ0n) is 13.8. The molecule has 0 bridgehead atoms. The number of rotatable bonds is 0. The number of aryl methyl sites for hydroxylation is 1. The SMILES string of the molecule is C[C@]12CC[C@@H]3c4ccc(F)cc4CC[C@H]3[C@@H]1CCC21OCCO1. The Hall–Kier alpha value is -0.930. The number of ether oxygens (including phenoxy) is 2. The minimum absolute atomic E-state index is 0.0876. The van der Waals surface area contributed by atoms with Gasteiger partial charge in [-0.25, -0.2) is 4.39 Å². The summed E-state index contributed by atoms with van der Waals surface area (Å²) >= 11 is 0. The molecule has 0 radical (unpaired) electrons. The molecule has 1 aromatic carbocycles. The zero-order chi connectivity index (χ0) is 15.7. The molecule has 4 atom stereocenters. The fourth-order valence-corrected chi connectivity index (χ4v) is 6.44. The van der Waals surface area contributed by atoms with Crippen molar-refractivity contribution in [3.8, 4) is 0 Å². The van der Waals surface area contributed by atoms with E-state index in [4.69, 9.17) is 9.47 Å². The Kier molecular flexibility index (Phi) is 3.01. The molecule has 1 spiro atoms. The third-order valence-corrected chi connectivity index (χ3v) is 7.49. The van der Waals surface area contributed by atoms with E-state index in [9.17, 15) is 4.39 Å². The molecule has 0 aromatic heterocycles. The maximum atomic E-state index is 13.6. The average Bonchev–Trinajstić information content (AvgIpc) is 3.14. The van der Waals surface area contributed by atoms with Gasteiger partial charge in [-0.15, -0.1) is 0 Å². The van der Waals surface area contributed by atoms with Gasteiger partial charge >= 0.3 is 0 Å². The maximum absolute atomic E-state index is 13.6. The van der Waals surface area contributed by atoms with Crippen LogP contribution in [-0.2, 0) is 15.9 Å². The third-order valence-electron chi connectivity index (χ3n) is 7.49. The first-order valence-electron chi connectivity index (χ1n) is 9.19. The van der Waals surface area contributed by atoms with Crippen LogP contribution < -0.4 is 0 Å². The van der Waals surface area contributed by atoms with Crippen LogP contribution >= 0.6 is 0 Å². The summed E-state index contributed by atoms with van der Waals surface area (Å²) in [6.07, 6.45) is 6.83. The van der Waals surface area contributed by atoms with Crippen LogP contribution in [0.2, 0.25) is 0 Å². The van der Waals surface area contributed by atoms with Crippen LogP contribution in [0.4, 0.5) is 4.39 Å². The van der Waals surface area contributed by atoms with Crippen molar-refractivity contribution in [2.24, 2.45) is 17.3 Å². The van der Waals surface area contributed by atoms with Gasteiger partial charge in [-0.1, -0.05) is 13.0 Å². The number of fused-ring (bicyclic) bond motifs is 6. The van der Waals surface area contributed by atoms with Crippen LogP contribution in [0.5, 0.6) is 0 Å². The largest absolute Gasteiger partial charge is 0.347 e. The number of halogens is 1. The van der Waals surface area contributed by atoms with Crippen molar-refractivity contribution in [1.29, 1.82) is 0 Å². The van der Waals surface area contributed by atoms with Crippen LogP contribution in [-0.4, -0.2) is 19.0 Å². The van der Waals surface area contributed by atoms with E-state index in [1.807, 2.05) is 0 Å². The first kappa shape index (κ1) is 14.4. The summed E-state index contributed by atoms with van der Waals surface area (Å²) in [4.78, 5) is 0. The molecule has 3 fully saturated rings. The van der Waals surface area contributed by atoms with E-state index in [0.29, 0.717) is 17.8 Å². The van der Waals surface area contributed by atoms with Crippen molar-refractivity contribution >= 4 is 0 Å². The van der Waals surface area contributed by atoms with E-state index in [-0.39, 0.29) is 17.0 Å². The van der Waals surface area contributed by atoms with Crippen LogP contribution in [0.15, 0.2) is 18.2 Å². The van der Waals surface area contributed by atoms with Gasteiger partial charge in [-0.3, -0.25) is 0 Å². The molecular weight excluding hydrogens is 291 g/mol. The first-order valence-corrected chi connectivity index (χ1v) is 9.19. The van der Waals surface area contributed by atoms with Crippen LogP contribution in [0.25, 0.3) is 0 Å². The highest BCUT2D eigenvalue weighted by Crippen LogP contribution is 2.66. The van der Waals surface area contributed by atoms with Gasteiger partial charge in [0.2, 0.25) is 0 Å². The summed E-state index contributed by atoms with van der Waals surface area (Å²) in [6.45, 7) is 3.91. The van der Waals surface area contributed by atoms with Gasteiger partial charge in [-0.05, 0) is 73.1 Å². The van der Waals surface area contributed by atoms with E-state index >= 15 is 0 Å². The molecule has 124 valence electrons. The quantitative estimate of drug-likeness (QED) is 0.705. The van der Waals surface area contributed by atoms with Crippen LogP contribution in [0.3, 0.4) is 0 Å². The standard InChI is InChI=1S/C20H25FO2/c1-19-8-6-16-15-5-3-14(21)12-13(15)2-4-17(16)18(19)7-9-20(19)22-10-11-23-20/h3,5,12,16-18H,2,4,6-11H2,1H3/t16-,17-,18+,19+/m1/s1. The molecule has 1 aromatic rings. The second-order valence-corrected chi connectivity index (χ2v) is 8.20. The molecule has 23 heavy (non-hydrogen) atoms. The topological polar surface area (TPSA) is 18.5 Å². The second-order valence-electron chi connectivity index (χ2n) is 8.20. The molecule has 1 saturated heterocycles. The van der Waals surface area contributed by atoms with Crippen molar-refractivity contribution < 1.29 is 13.9 Å². The Balaban J connectivity index is 1.51. The van der Waals surface area contributed by atoms with Gasteiger partial charge in [0.05, 0.1) is 13.2 Å². The summed E-state index contributed by atoms with van der Waals surface area (Å²) in [5, 5.41) is 0. The lowest BCUT2D eigenvalue weighted by atomic mass is 9.55. The van der Waals surface area contributed by atoms with E-state index in [0.717, 1.165) is 32.5 Å². The fraction of sp³-hybridized carbons (Fsp3) is 0.700. The van der Waals surface area contributed by atoms with Gasteiger partial charge in [0.25, 0.3) is 0 Å². The van der Waals surface area contributed by atoms with Crippen molar-refractivity contribution in [1.82, 2.24) is 0 Å². The number of hydrogen-bond donors (Lipinski definition) is 0. The van der Waals surface area contributed by atoms with Gasteiger partial charge < -0.3 is 9.47 Å². The highest BCUT2D eigenvalue weighted by molar-refractivity contribution is 5.35. The van der Waals surface area contributed by atoms with Gasteiger partial charge in [0.1, 0.15) is 5.82 Å². The minimum atomic E-state index is -0.314. The molecule has 0 N–H and O–H groups in total. The summed E-state index contributed by atoms with van der Waals surface area (Å²) < 4.78 is 25.9. The van der Waals surface area contributed by atoms with Crippen molar-refractivity contribution in [2.75, 3.05) is 13.2 Å². The zero-order valence-corrected chi connectivity index (χ0v) is 13.8. The Morgan fingerprint density at radius 1 is 1.09 bits per heavy atom. The minimum Gasteiger partial charge on any atom is -0.347 e. The molecule has 2 nitrogen and oxygen atoms in total. The third kappa shape index (κ3) is 1.81. The van der Waals surface area contributed by atoms with Crippen LogP contribution in [0, 0.1) is 23.1 Å². The fourth-order valence-electron chi connectivity index (χ4n) is 6.44. The molecule has 0 unspecified atom stereocenters. The lowest BCUT2D eigenvalue weighted by Gasteiger charge is -2.52. The summed E-state index contributed by atoms with van der Waals surface area (Å²) in [7, 11) is 0. The molecule has 4 aliphatic rings.